The molecule has 0 saturated heterocycles. The monoisotopic (exact) mass is 246 g/mol. The zero-order chi connectivity index (χ0) is 7.11. The predicted molar refractivity (Wildman–Crippen MR) is 43.1 cm³/mol. The van der Waals surface area contributed by atoms with Gasteiger partial charge in [0.1, 0.15) is 0 Å². The van der Waals surface area contributed by atoms with Crippen molar-refractivity contribution in [3.05, 3.63) is 0 Å². The van der Waals surface area contributed by atoms with Crippen LogP contribution in [0.25, 0.3) is 0 Å². The molecular formula is C5H10MoNS2. The topological polar surface area (TPSA) is 12.0 Å². The van der Waals surface area contributed by atoms with Crippen molar-refractivity contribution in [2.24, 2.45) is 0 Å². The van der Waals surface area contributed by atoms with Gasteiger partial charge in [-0.2, -0.15) is 0 Å². The molecule has 0 aromatic heterocycles. The summed E-state index contributed by atoms with van der Waals surface area (Å²) in [5.41, 5.74) is 0. The van der Waals surface area contributed by atoms with Crippen LogP contribution < -0.4 is 3.88 Å². The molecule has 0 radical (unpaired) electrons. The number of rotatable bonds is 3. The number of hydrogen-bond donors (Lipinski definition) is 1. The van der Waals surface area contributed by atoms with Crippen LogP contribution in [0.2, 0.25) is 0 Å². The molecule has 0 aromatic carbocycles. The third-order valence-electron chi connectivity index (χ3n) is 0.814. The van der Waals surface area contributed by atoms with Crippen molar-refractivity contribution in [3.63, 3.8) is 0 Å². The summed E-state index contributed by atoms with van der Waals surface area (Å²) in [7, 11) is 0. The molecule has 0 bridgehead atoms. The SMILES string of the molecule is CCCCSC(=S)[NH][Mo]. The molecule has 9 heavy (non-hydrogen) atoms. The van der Waals surface area contributed by atoms with E-state index in [-0.39, 0.29) is 0 Å². The van der Waals surface area contributed by atoms with Crippen LogP contribution in [0, 0.1) is 0 Å². The molecule has 1 nitrogen and oxygen atoms in total. The van der Waals surface area contributed by atoms with Crippen LogP contribution in [-0.4, -0.2) is 10.1 Å². The Bertz CT molecular complexity index is 87.0. The molecule has 0 fully saturated rings. The van der Waals surface area contributed by atoms with Crippen molar-refractivity contribution < 1.29 is 20.1 Å². The third kappa shape index (κ3) is 6.82. The quantitative estimate of drug-likeness (QED) is 0.462. The molecule has 1 N–H and O–H groups in total. The molecular weight excluding hydrogens is 234 g/mol. The minimum atomic E-state index is 0.910. The Morgan fingerprint density at radius 3 is 2.89 bits per heavy atom. The van der Waals surface area contributed by atoms with Gasteiger partial charge in [-0.05, 0) is 0 Å². The standard InChI is InChI=1S/C5H11NS2.Mo/c1-2-3-4-8-5(6)7;/h2-4H2,1H3,(H2,6,7);/q;+1/p-1. The summed E-state index contributed by atoms with van der Waals surface area (Å²) in [5.74, 6) is 1.15. The summed E-state index contributed by atoms with van der Waals surface area (Å²) in [4.78, 5) is 0. The van der Waals surface area contributed by atoms with E-state index in [4.69, 9.17) is 12.2 Å². The van der Waals surface area contributed by atoms with E-state index < -0.39 is 0 Å². The molecule has 0 aliphatic heterocycles. The minimum absolute atomic E-state index is 0.910. The van der Waals surface area contributed by atoms with Gasteiger partial charge in [0.05, 0.1) is 0 Å². The fourth-order valence-electron chi connectivity index (χ4n) is 0.339. The normalized spacial score (nSPS) is 9.00. The molecule has 0 aromatic rings. The summed E-state index contributed by atoms with van der Waals surface area (Å²) < 4.78 is 3.84. The molecule has 53 valence electrons. The molecule has 4 heteroatoms. The van der Waals surface area contributed by atoms with Gasteiger partial charge < -0.3 is 0 Å². The van der Waals surface area contributed by atoms with Crippen molar-refractivity contribution in [1.29, 1.82) is 0 Å². The van der Waals surface area contributed by atoms with E-state index in [1.54, 1.807) is 31.8 Å². The zero-order valence-electron chi connectivity index (χ0n) is 5.35. The van der Waals surface area contributed by atoms with Crippen LogP contribution >= 0.6 is 24.0 Å². The van der Waals surface area contributed by atoms with E-state index in [9.17, 15) is 0 Å². The van der Waals surface area contributed by atoms with Gasteiger partial charge in [0.2, 0.25) is 0 Å². The van der Waals surface area contributed by atoms with Crippen LogP contribution in [0.15, 0.2) is 0 Å². The first-order valence-electron chi connectivity index (χ1n) is 2.86. The number of thiocarbonyl (C=S) groups is 1. The van der Waals surface area contributed by atoms with Crippen LogP contribution in [0.1, 0.15) is 19.8 Å². The third-order valence-corrected chi connectivity index (χ3v) is 3.32. The van der Waals surface area contributed by atoms with Crippen LogP contribution in [0.4, 0.5) is 0 Å². The first-order valence-corrected chi connectivity index (χ1v) is 5.26. The van der Waals surface area contributed by atoms with Gasteiger partial charge in [0.25, 0.3) is 0 Å². The number of hydrogen-bond acceptors (Lipinski definition) is 2. The number of thioether (sulfide) groups is 1. The Morgan fingerprint density at radius 1 is 1.78 bits per heavy atom. The fraction of sp³-hybridized carbons (Fsp3) is 0.800. The molecule has 0 amide bonds. The molecule has 0 aliphatic carbocycles. The molecule has 0 atom stereocenters. The molecule has 0 saturated carbocycles. The van der Waals surface area contributed by atoms with Crippen molar-refractivity contribution in [3.8, 4) is 0 Å². The Labute approximate surface area is 77.6 Å². The average molecular weight is 244 g/mol. The van der Waals surface area contributed by atoms with E-state index in [2.05, 4.69) is 10.8 Å². The van der Waals surface area contributed by atoms with Crippen molar-refractivity contribution in [2.45, 2.75) is 19.8 Å². The average Bonchev–Trinajstić information content (AvgIpc) is 1.89. The van der Waals surface area contributed by atoms with E-state index in [1.807, 2.05) is 0 Å². The predicted octanol–water partition coefficient (Wildman–Crippen LogP) is 1.86. The Kier molecular flexibility index (Phi) is 7.77. The maximum atomic E-state index is 4.92. The first-order chi connectivity index (χ1) is 4.31. The second kappa shape index (κ2) is 7.04. The van der Waals surface area contributed by atoms with Gasteiger partial charge in [-0.3, -0.25) is 0 Å². The van der Waals surface area contributed by atoms with E-state index >= 15 is 0 Å². The summed E-state index contributed by atoms with van der Waals surface area (Å²) in [6, 6.07) is 0. The summed E-state index contributed by atoms with van der Waals surface area (Å²) in [6.45, 7) is 2.18. The maximum absolute atomic E-state index is 4.92. The van der Waals surface area contributed by atoms with E-state index in [1.165, 1.54) is 12.8 Å². The van der Waals surface area contributed by atoms with Gasteiger partial charge in [0.15, 0.2) is 0 Å². The van der Waals surface area contributed by atoms with Crippen LogP contribution in [-0.2, 0) is 20.1 Å². The zero-order valence-corrected chi connectivity index (χ0v) is 8.99. The molecule has 0 heterocycles. The number of unbranched alkanes of at least 4 members (excludes halogenated alkanes) is 1. The van der Waals surface area contributed by atoms with E-state index in [0.717, 1.165) is 10.1 Å². The van der Waals surface area contributed by atoms with Gasteiger partial charge in [-0.25, -0.2) is 0 Å². The summed E-state index contributed by atoms with van der Waals surface area (Å²) >= 11 is 8.45. The summed E-state index contributed by atoms with van der Waals surface area (Å²) in [6.07, 6.45) is 2.51. The summed E-state index contributed by atoms with van der Waals surface area (Å²) in [5, 5.41) is 0. The number of nitrogens with one attached hydrogen (secondary N) is 1. The van der Waals surface area contributed by atoms with Crippen molar-refractivity contribution in [1.82, 2.24) is 3.88 Å². The Balaban J connectivity index is 2.97. The first kappa shape index (κ1) is 9.93. The molecule has 0 unspecified atom stereocenters. The van der Waals surface area contributed by atoms with Gasteiger partial charge in [-0.1, -0.05) is 0 Å². The fourth-order valence-corrected chi connectivity index (χ4v) is 1.70. The van der Waals surface area contributed by atoms with E-state index in [0.29, 0.717) is 0 Å². The van der Waals surface area contributed by atoms with Gasteiger partial charge in [-0.15, -0.1) is 0 Å². The Hall–Kier alpha value is 0.928. The van der Waals surface area contributed by atoms with Crippen LogP contribution in [0.5, 0.6) is 0 Å². The van der Waals surface area contributed by atoms with Crippen molar-refractivity contribution in [2.75, 3.05) is 5.75 Å². The molecule has 0 aliphatic rings. The second-order valence-electron chi connectivity index (χ2n) is 1.59. The second-order valence-corrected chi connectivity index (χ2v) is 3.87. The van der Waals surface area contributed by atoms with Crippen LogP contribution in [0.3, 0.4) is 0 Å². The Morgan fingerprint density at radius 2 is 2.44 bits per heavy atom. The van der Waals surface area contributed by atoms with Gasteiger partial charge in [0, 0.05) is 0 Å². The molecule has 0 rings (SSSR count). The van der Waals surface area contributed by atoms with Gasteiger partial charge >= 0.3 is 77.8 Å². The molecule has 0 spiro atoms. The van der Waals surface area contributed by atoms with Crippen molar-refractivity contribution >= 4 is 28.3 Å².